The molecule has 52 valence electrons. The van der Waals surface area contributed by atoms with Gasteiger partial charge in [-0.2, -0.15) is 0 Å². The molecule has 9 heavy (non-hydrogen) atoms. The Morgan fingerprint density at radius 3 is 2.56 bits per heavy atom. The van der Waals surface area contributed by atoms with E-state index in [0.29, 0.717) is 12.6 Å². The number of hydrogen-bond donors (Lipinski definition) is 2. The number of amides is 1. The van der Waals surface area contributed by atoms with Crippen molar-refractivity contribution in [2.24, 2.45) is 0 Å². The molecule has 0 aliphatic carbocycles. The van der Waals surface area contributed by atoms with Crippen LogP contribution in [0, 0.1) is 0 Å². The van der Waals surface area contributed by atoms with Gasteiger partial charge in [-0.05, 0) is 13.8 Å². The molecule has 2 atom stereocenters. The van der Waals surface area contributed by atoms with E-state index in [0.717, 1.165) is 0 Å². The molecule has 0 bridgehead atoms. The van der Waals surface area contributed by atoms with Gasteiger partial charge in [-0.3, -0.25) is 4.79 Å². The fourth-order valence-corrected chi connectivity index (χ4v) is 0.860. The number of carbonyl (C=O) groups is 1. The average molecular weight is 128 g/mol. The van der Waals surface area contributed by atoms with E-state index in [9.17, 15) is 4.79 Å². The van der Waals surface area contributed by atoms with Gasteiger partial charge in [0.15, 0.2) is 0 Å². The Bertz CT molecular complexity index is 124. The van der Waals surface area contributed by atoms with Gasteiger partial charge >= 0.3 is 0 Å². The highest BCUT2D eigenvalue weighted by atomic mass is 16.2. The van der Waals surface area contributed by atoms with E-state index in [1.54, 1.807) is 0 Å². The van der Waals surface area contributed by atoms with Crippen molar-refractivity contribution in [1.82, 2.24) is 10.6 Å². The van der Waals surface area contributed by atoms with Crippen LogP contribution >= 0.6 is 0 Å². The minimum absolute atomic E-state index is 0.0978. The number of carbonyl (C=O) groups excluding carboxylic acids is 1. The second-order valence-corrected chi connectivity index (χ2v) is 2.53. The molecule has 1 amide bonds. The van der Waals surface area contributed by atoms with Crippen LogP contribution in [0.15, 0.2) is 0 Å². The smallest absolute Gasteiger partial charge is 0.234 e. The fourth-order valence-electron chi connectivity index (χ4n) is 0.860. The van der Waals surface area contributed by atoms with Gasteiger partial charge in [0, 0.05) is 12.1 Å². The van der Waals surface area contributed by atoms with E-state index in [4.69, 9.17) is 0 Å². The van der Waals surface area contributed by atoms with E-state index in [-0.39, 0.29) is 11.9 Å². The summed E-state index contributed by atoms with van der Waals surface area (Å²) in [5.41, 5.74) is 0. The molecule has 1 aliphatic rings. The maximum Gasteiger partial charge on any atom is 0.234 e. The van der Waals surface area contributed by atoms with Gasteiger partial charge in [0.25, 0.3) is 0 Å². The Kier molecular flexibility index (Phi) is 1.71. The van der Waals surface area contributed by atoms with Crippen LogP contribution in [-0.2, 0) is 4.79 Å². The predicted octanol–water partition coefficient (Wildman–Crippen LogP) is -0.517. The first-order valence-corrected chi connectivity index (χ1v) is 3.23. The third-order valence-corrected chi connectivity index (χ3v) is 1.72. The van der Waals surface area contributed by atoms with Crippen LogP contribution < -0.4 is 10.6 Å². The zero-order valence-electron chi connectivity index (χ0n) is 5.77. The van der Waals surface area contributed by atoms with Crippen molar-refractivity contribution in [3.05, 3.63) is 0 Å². The first kappa shape index (κ1) is 6.55. The van der Waals surface area contributed by atoms with Crippen LogP contribution in [0.25, 0.3) is 0 Å². The topological polar surface area (TPSA) is 41.1 Å². The molecular weight excluding hydrogens is 116 g/mol. The van der Waals surface area contributed by atoms with Crippen LogP contribution in [0.3, 0.4) is 0 Å². The monoisotopic (exact) mass is 128 g/mol. The summed E-state index contributed by atoms with van der Waals surface area (Å²) in [6, 6.07) is 0.675. The Hall–Kier alpha value is -0.570. The van der Waals surface area contributed by atoms with Gasteiger partial charge < -0.3 is 10.6 Å². The molecule has 1 saturated heterocycles. The molecule has 0 aromatic heterocycles. The molecular formula is C6H12N2O. The average Bonchev–Trinajstić information content (AvgIpc) is 1.80. The maximum absolute atomic E-state index is 10.6. The minimum atomic E-state index is 0.0978. The van der Waals surface area contributed by atoms with Crippen molar-refractivity contribution in [3.63, 3.8) is 0 Å². The van der Waals surface area contributed by atoms with Gasteiger partial charge in [0.05, 0.1) is 6.54 Å². The van der Waals surface area contributed by atoms with Gasteiger partial charge in [-0.15, -0.1) is 0 Å². The molecule has 0 spiro atoms. The molecule has 0 radical (unpaired) electrons. The number of piperazine rings is 1. The van der Waals surface area contributed by atoms with E-state index in [1.807, 2.05) is 6.92 Å². The second kappa shape index (κ2) is 2.35. The van der Waals surface area contributed by atoms with Gasteiger partial charge in [0.1, 0.15) is 0 Å². The highest BCUT2D eigenvalue weighted by molar-refractivity contribution is 5.79. The fraction of sp³-hybridized carbons (Fsp3) is 0.833. The molecule has 1 heterocycles. The van der Waals surface area contributed by atoms with E-state index in [2.05, 4.69) is 17.6 Å². The summed E-state index contributed by atoms with van der Waals surface area (Å²) in [5, 5.41) is 5.90. The summed E-state index contributed by atoms with van der Waals surface area (Å²) < 4.78 is 0. The van der Waals surface area contributed by atoms with Gasteiger partial charge in [-0.25, -0.2) is 0 Å². The summed E-state index contributed by atoms with van der Waals surface area (Å²) in [6.07, 6.45) is 0. The molecule has 3 heteroatoms. The largest absolute Gasteiger partial charge is 0.351 e. The van der Waals surface area contributed by atoms with Crippen LogP contribution in [0.4, 0.5) is 0 Å². The molecule has 2 unspecified atom stereocenters. The summed E-state index contributed by atoms with van der Waals surface area (Å²) in [6.45, 7) is 4.52. The third kappa shape index (κ3) is 1.42. The minimum Gasteiger partial charge on any atom is -0.351 e. The van der Waals surface area contributed by atoms with Crippen LogP contribution in [0.1, 0.15) is 13.8 Å². The lowest BCUT2D eigenvalue weighted by Crippen LogP contribution is -2.56. The third-order valence-electron chi connectivity index (χ3n) is 1.72. The molecule has 0 saturated carbocycles. The Morgan fingerprint density at radius 2 is 2.11 bits per heavy atom. The van der Waals surface area contributed by atoms with Crippen molar-refractivity contribution in [2.75, 3.05) is 6.54 Å². The van der Waals surface area contributed by atoms with E-state index in [1.165, 1.54) is 0 Å². The number of rotatable bonds is 0. The van der Waals surface area contributed by atoms with E-state index < -0.39 is 0 Å². The zero-order chi connectivity index (χ0) is 6.85. The summed E-state index contributed by atoms with van der Waals surface area (Å²) in [4.78, 5) is 10.6. The van der Waals surface area contributed by atoms with E-state index >= 15 is 0 Å². The van der Waals surface area contributed by atoms with Crippen molar-refractivity contribution in [3.8, 4) is 0 Å². The molecule has 2 N–H and O–H groups in total. The summed E-state index contributed by atoms with van der Waals surface area (Å²) in [5.74, 6) is 0.0978. The summed E-state index contributed by atoms with van der Waals surface area (Å²) in [7, 11) is 0. The Morgan fingerprint density at radius 1 is 1.44 bits per heavy atom. The lowest BCUT2D eigenvalue weighted by atomic mass is 10.1. The van der Waals surface area contributed by atoms with Crippen LogP contribution in [-0.4, -0.2) is 24.5 Å². The molecule has 1 fully saturated rings. The normalized spacial score (nSPS) is 36.0. The Balaban J connectivity index is 2.44. The molecule has 0 aromatic carbocycles. The zero-order valence-corrected chi connectivity index (χ0v) is 5.77. The first-order valence-electron chi connectivity index (χ1n) is 3.23. The number of nitrogens with one attached hydrogen (secondary N) is 2. The lowest BCUT2D eigenvalue weighted by molar-refractivity contribution is -0.122. The molecule has 1 aliphatic heterocycles. The number of hydrogen-bond acceptors (Lipinski definition) is 2. The highest BCUT2D eigenvalue weighted by Gasteiger charge is 2.19. The van der Waals surface area contributed by atoms with Crippen molar-refractivity contribution >= 4 is 5.91 Å². The Labute approximate surface area is 54.8 Å². The van der Waals surface area contributed by atoms with Crippen molar-refractivity contribution in [2.45, 2.75) is 25.9 Å². The van der Waals surface area contributed by atoms with Crippen molar-refractivity contribution in [1.29, 1.82) is 0 Å². The van der Waals surface area contributed by atoms with Crippen LogP contribution in [0.2, 0.25) is 0 Å². The van der Waals surface area contributed by atoms with Gasteiger partial charge in [-0.1, -0.05) is 0 Å². The highest BCUT2D eigenvalue weighted by Crippen LogP contribution is 1.94. The SMILES string of the molecule is CC1NCC(=O)NC1C. The first-order chi connectivity index (χ1) is 4.20. The van der Waals surface area contributed by atoms with Crippen molar-refractivity contribution < 1.29 is 4.79 Å². The summed E-state index contributed by atoms with van der Waals surface area (Å²) >= 11 is 0. The van der Waals surface area contributed by atoms with Crippen LogP contribution in [0.5, 0.6) is 0 Å². The molecule has 0 aromatic rings. The van der Waals surface area contributed by atoms with Gasteiger partial charge in [0.2, 0.25) is 5.91 Å². The predicted molar refractivity (Wildman–Crippen MR) is 35.1 cm³/mol. The molecule has 3 nitrogen and oxygen atoms in total. The molecule has 1 rings (SSSR count). The second-order valence-electron chi connectivity index (χ2n) is 2.53. The standard InChI is InChI=1S/C6H12N2O/c1-4-5(2)8-6(9)3-7-4/h4-5,7H,3H2,1-2H3,(H,8,9). The quantitative estimate of drug-likeness (QED) is 0.461. The lowest BCUT2D eigenvalue weighted by Gasteiger charge is -2.27. The maximum atomic E-state index is 10.6.